The summed E-state index contributed by atoms with van der Waals surface area (Å²) in [5, 5.41) is 7.59. The fourth-order valence-electron chi connectivity index (χ4n) is 2.25. The lowest BCUT2D eigenvalue weighted by Gasteiger charge is -2.21. The molecule has 0 N–H and O–H groups in total. The zero-order valence-corrected chi connectivity index (χ0v) is 16.5. The van der Waals surface area contributed by atoms with Crippen molar-refractivity contribution in [2.45, 2.75) is 19.1 Å². The van der Waals surface area contributed by atoms with Crippen LogP contribution in [0.25, 0.3) is 5.69 Å². The van der Waals surface area contributed by atoms with E-state index in [2.05, 4.69) is 15.2 Å². The molecular formula is C16H20ClN5O3S. The highest BCUT2D eigenvalue weighted by molar-refractivity contribution is 7.85. The maximum atomic E-state index is 13.0. The number of nitrogens with zero attached hydrogens (tertiary/aromatic N) is 5. The van der Waals surface area contributed by atoms with E-state index in [1.54, 1.807) is 38.5 Å². The Balaban J connectivity index is 2.41. The van der Waals surface area contributed by atoms with Crippen LogP contribution in [0.1, 0.15) is 13.8 Å². The zero-order chi connectivity index (χ0) is 19.3. The van der Waals surface area contributed by atoms with Gasteiger partial charge in [0.2, 0.25) is 0 Å². The minimum absolute atomic E-state index is 0.0559. The number of carbonyl (C=O) groups is 1. The van der Waals surface area contributed by atoms with Crippen molar-refractivity contribution in [3.63, 3.8) is 0 Å². The first-order valence-corrected chi connectivity index (χ1v) is 9.81. The average Bonchev–Trinajstić information content (AvgIpc) is 3.02. The van der Waals surface area contributed by atoms with E-state index in [-0.39, 0.29) is 10.9 Å². The summed E-state index contributed by atoms with van der Waals surface area (Å²) in [7, 11) is 0.0480. The lowest BCUT2D eigenvalue weighted by molar-refractivity contribution is -0.112. The van der Waals surface area contributed by atoms with Crippen LogP contribution >= 0.6 is 11.6 Å². The predicted molar refractivity (Wildman–Crippen MR) is 102 cm³/mol. The van der Waals surface area contributed by atoms with E-state index in [1.807, 2.05) is 6.07 Å². The number of carbonyl (C=O) groups excluding carboxylic acids is 1. The third kappa shape index (κ3) is 4.28. The molecule has 2 aromatic heterocycles. The van der Waals surface area contributed by atoms with Crippen molar-refractivity contribution in [1.82, 2.24) is 14.8 Å². The normalized spacial score (nSPS) is 14.0. The molecule has 26 heavy (non-hydrogen) atoms. The van der Waals surface area contributed by atoms with Gasteiger partial charge in [-0.05, 0) is 26.0 Å². The smallest absolute Gasteiger partial charge is 0.277 e. The monoisotopic (exact) mass is 397 g/mol. The summed E-state index contributed by atoms with van der Waals surface area (Å²) in [6.45, 7) is 3.77. The highest BCUT2D eigenvalue weighted by Gasteiger charge is 2.30. The molecule has 0 spiro atoms. The SMILES string of the molecule is CCN(C(=O)C(=NOC)C(C)S(C)=O)c1cn(-c2cccnc2)nc1Cl. The number of aromatic nitrogens is 3. The Morgan fingerprint density at radius 1 is 1.54 bits per heavy atom. The van der Waals surface area contributed by atoms with Gasteiger partial charge < -0.3 is 9.74 Å². The summed E-state index contributed by atoms with van der Waals surface area (Å²) in [4.78, 5) is 23.2. The number of halogens is 1. The Hall–Kier alpha value is -2.26. The van der Waals surface area contributed by atoms with Gasteiger partial charge in [-0.1, -0.05) is 16.8 Å². The van der Waals surface area contributed by atoms with Crippen molar-refractivity contribution in [3.05, 3.63) is 35.9 Å². The largest absolute Gasteiger partial charge is 0.399 e. The molecule has 0 saturated carbocycles. The van der Waals surface area contributed by atoms with Gasteiger partial charge in [0.25, 0.3) is 5.91 Å². The predicted octanol–water partition coefficient (Wildman–Crippen LogP) is 2.04. The Kier molecular flexibility index (Phi) is 6.87. The number of hydrogen-bond donors (Lipinski definition) is 0. The van der Waals surface area contributed by atoms with E-state index in [1.165, 1.54) is 22.9 Å². The molecule has 2 rings (SSSR count). The van der Waals surface area contributed by atoms with E-state index in [0.717, 1.165) is 0 Å². The number of amides is 1. The van der Waals surface area contributed by atoms with E-state index in [9.17, 15) is 9.00 Å². The first-order valence-electron chi connectivity index (χ1n) is 7.81. The summed E-state index contributed by atoms with van der Waals surface area (Å²) in [6, 6.07) is 3.59. The van der Waals surface area contributed by atoms with Gasteiger partial charge in [0.1, 0.15) is 12.8 Å². The first kappa shape index (κ1) is 20.1. The first-order chi connectivity index (χ1) is 12.4. The van der Waals surface area contributed by atoms with Crippen LogP contribution in [0.4, 0.5) is 5.69 Å². The quantitative estimate of drug-likeness (QED) is 0.526. The third-order valence-electron chi connectivity index (χ3n) is 3.71. The third-order valence-corrected chi connectivity index (χ3v) is 5.19. The molecule has 2 aromatic rings. The van der Waals surface area contributed by atoms with Crippen molar-refractivity contribution in [1.29, 1.82) is 0 Å². The van der Waals surface area contributed by atoms with Gasteiger partial charge in [-0.3, -0.25) is 14.0 Å². The molecule has 1 amide bonds. The van der Waals surface area contributed by atoms with Crippen LogP contribution in [-0.4, -0.2) is 55.8 Å². The Labute approximate surface area is 159 Å². The second kappa shape index (κ2) is 8.91. The fraction of sp³-hybridized carbons (Fsp3) is 0.375. The zero-order valence-electron chi connectivity index (χ0n) is 14.9. The van der Waals surface area contributed by atoms with Gasteiger partial charge in [0.05, 0.1) is 23.3 Å². The Morgan fingerprint density at radius 3 is 2.81 bits per heavy atom. The Morgan fingerprint density at radius 2 is 2.27 bits per heavy atom. The van der Waals surface area contributed by atoms with Crippen molar-refractivity contribution < 1.29 is 13.8 Å². The highest BCUT2D eigenvalue weighted by Crippen LogP contribution is 2.26. The topological polar surface area (TPSA) is 89.7 Å². The second-order valence-electron chi connectivity index (χ2n) is 5.31. The van der Waals surface area contributed by atoms with E-state index < -0.39 is 22.0 Å². The molecule has 8 nitrogen and oxygen atoms in total. The molecule has 0 aromatic carbocycles. The molecular weight excluding hydrogens is 378 g/mol. The van der Waals surface area contributed by atoms with Crippen molar-refractivity contribution in [2.24, 2.45) is 5.16 Å². The number of rotatable bonds is 7. The molecule has 0 bridgehead atoms. The lowest BCUT2D eigenvalue weighted by Crippen LogP contribution is -2.42. The highest BCUT2D eigenvalue weighted by atomic mass is 35.5. The molecule has 0 fully saturated rings. The summed E-state index contributed by atoms with van der Waals surface area (Å²) >= 11 is 6.26. The van der Waals surface area contributed by atoms with Crippen LogP contribution in [-0.2, 0) is 20.4 Å². The summed E-state index contributed by atoms with van der Waals surface area (Å²) in [6.07, 6.45) is 6.42. The minimum atomic E-state index is -1.29. The molecule has 0 aliphatic rings. The molecule has 10 heteroatoms. The molecule has 2 atom stereocenters. The number of oxime groups is 1. The average molecular weight is 398 g/mol. The van der Waals surface area contributed by atoms with Crippen molar-refractivity contribution >= 4 is 39.7 Å². The number of pyridine rings is 1. The fourth-order valence-corrected chi connectivity index (χ4v) is 2.94. The second-order valence-corrected chi connectivity index (χ2v) is 7.37. The molecule has 0 aliphatic carbocycles. The summed E-state index contributed by atoms with van der Waals surface area (Å²) in [5.74, 6) is -0.440. The van der Waals surface area contributed by atoms with Crippen LogP contribution in [0.2, 0.25) is 5.15 Å². The number of anilines is 1. The van der Waals surface area contributed by atoms with Gasteiger partial charge in [0, 0.05) is 29.8 Å². The standard InChI is InChI=1S/C16H20ClN5O3S/c1-5-21(16(23)14(20-25-3)11(2)26(4)24)13-10-22(19-15(13)17)12-7-6-8-18-9-12/h6-11H,5H2,1-4H3. The molecule has 0 radical (unpaired) electrons. The van der Waals surface area contributed by atoms with Crippen LogP contribution in [0, 0.1) is 0 Å². The van der Waals surface area contributed by atoms with Gasteiger partial charge >= 0.3 is 0 Å². The number of hydrogen-bond acceptors (Lipinski definition) is 6. The van der Waals surface area contributed by atoms with Gasteiger partial charge in [-0.15, -0.1) is 0 Å². The maximum absolute atomic E-state index is 13.0. The van der Waals surface area contributed by atoms with E-state index in [0.29, 0.717) is 17.9 Å². The van der Waals surface area contributed by atoms with Crippen LogP contribution in [0.3, 0.4) is 0 Å². The summed E-state index contributed by atoms with van der Waals surface area (Å²) < 4.78 is 13.4. The molecule has 0 saturated heterocycles. The molecule has 2 heterocycles. The Bertz CT molecular complexity index is 825. The van der Waals surface area contributed by atoms with Crippen LogP contribution in [0.15, 0.2) is 35.9 Å². The molecule has 140 valence electrons. The maximum Gasteiger partial charge on any atom is 0.277 e. The molecule has 2 unspecified atom stereocenters. The van der Waals surface area contributed by atoms with E-state index >= 15 is 0 Å². The van der Waals surface area contributed by atoms with Gasteiger partial charge in [-0.2, -0.15) is 5.10 Å². The van der Waals surface area contributed by atoms with Crippen LogP contribution in [0.5, 0.6) is 0 Å². The van der Waals surface area contributed by atoms with Crippen LogP contribution < -0.4 is 4.90 Å². The van der Waals surface area contributed by atoms with E-state index in [4.69, 9.17) is 16.4 Å². The van der Waals surface area contributed by atoms with Crippen molar-refractivity contribution in [3.8, 4) is 5.69 Å². The minimum Gasteiger partial charge on any atom is -0.399 e. The molecule has 0 aliphatic heterocycles. The van der Waals surface area contributed by atoms with Gasteiger partial charge in [-0.25, -0.2) is 4.68 Å². The van der Waals surface area contributed by atoms with Gasteiger partial charge in [0.15, 0.2) is 10.9 Å². The van der Waals surface area contributed by atoms with Crippen molar-refractivity contribution in [2.75, 3.05) is 24.8 Å². The summed E-state index contributed by atoms with van der Waals surface area (Å²) in [5.41, 5.74) is 1.18. The lowest BCUT2D eigenvalue weighted by atomic mass is 10.2.